The Morgan fingerprint density at radius 2 is 1.68 bits per heavy atom. The predicted octanol–water partition coefficient (Wildman–Crippen LogP) is 2.36. The van der Waals surface area contributed by atoms with Crippen LogP contribution in [0.5, 0.6) is 0 Å². The van der Waals surface area contributed by atoms with E-state index in [1.54, 1.807) is 0 Å². The molecule has 0 bridgehead atoms. The van der Waals surface area contributed by atoms with Crippen LogP contribution in [0.15, 0.2) is 42.5 Å². The summed E-state index contributed by atoms with van der Waals surface area (Å²) in [5, 5.41) is 15.8. The molecule has 0 amide bonds. The summed E-state index contributed by atoms with van der Waals surface area (Å²) in [6.45, 7) is 0. The quantitative estimate of drug-likeness (QED) is 0.335. The second kappa shape index (κ2) is 3.19. The summed E-state index contributed by atoms with van der Waals surface area (Å²) >= 11 is 0. The highest BCUT2D eigenvalue weighted by atomic mass is 28.2. The Bertz CT molecular complexity index is 1010. The predicted molar refractivity (Wildman–Crippen MR) is 81.7 cm³/mol. The summed E-state index contributed by atoms with van der Waals surface area (Å²) < 4.78 is 0. The van der Waals surface area contributed by atoms with Gasteiger partial charge in [0.1, 0.15) is 5.52 Å². The highest BCUT2D eigenvalue weighted by molar-refractivity contribution is 6.69. The number of H-pyrrole nitrogens is 1. The summed E-state index contributed by atoms with van der Waals surface area (Å²) in [7, 11) is 0.724. The molecule has 0 spiro atoms. The zero-order chi connectivity index (χ0) is 12.4. The highest BCUT2D eigenvalue weighted by Gasteiger charge is 2.17. The van der Waals surface area contributed by atoms with Crippen molar-refractivity contribution < 1.29 is 0 Å². The molecule has 1 aliphatic rings. The van der Waals surface area contributed by atoms with E-state index >= 15 is 0 Å². The Balaban J connectivity index is 2.29. The number of hydrogen-bond donors (Lipinski definition) is 1. The van der Waals surface area contributed by atoms with Crippen molar-refractivity contribution in [2.75, 3.05) is 0 Å². The standard InChI is InChI=1S/C16H9N2Si/c1-2-5-11-9(4-1)10-6-3-7-13-14(10)15-12(8-19-13)17-18-16(11)15/h1-8H,(H,17,18). The van der Waals surface area contributed by atoms with E-state index in [1.807, 2.05) is 0 Å². The Kier molecular flexibility index (Phi) is 1.62. The Labute approximate surface area is 111 Å². The van der Waals surface area contributed by atoms with Gasteiger partial charge in [0.25, 0.3) is 0 Å². The van der Waals surface area contributed by atoms with E-state index in [0.717, 1.165) is 14.6 Å². The second-order valence-corrected chi connectivity index (χ2v) is 6.04. The van der Waals surface area contributed by atoms with Crippen LogP contribution in [0.25, 0.3) is 32.4 Å². The zero-order valence-electron chi connectivity index (χ0n) is 10.1. The van der Waals surface area contributed by atoms with Gasteiger partial charge in [0.05, 0.1) is 14.8 Å². The van der Waals surface area contributed by atoms with Gasteiger partial charge in [0.2, 0.25) is 0 Å². The van der Waals surface area contributed by atoms with Gasteiger partial charge in [-0.05, 0) is 21.3 Å². The average molecular weight is 257 g/mol. The molecule has 0 aliphatic carbocycles. The van der Waals surface area contributed by atoms with E-state index in [2.05, 4.69) is 58.3 Å². The third-order valence-electron chi connectivity index (χ3n) is 3.95. The lowest BCUT2D eigenvalue weighted by molar-refractivity contribution is 1.11. The van der Waals surface area contributed by atoms with Crippen LogP contribution in [-0.4, -0.2) is 25.0 Å². The largest absolute Gasteiger partial charge is 0.278 e. The van der Waals surface area contributed by atoms with Gasteiger partial charge in [-0.3, -0.25) is 5.10 Å². The average Bonchev–Trinajstić information content (AvgIpc) is 2.91. The van der Waals surface area contributed by atoms with Crippen molar-refractivity contribution in [3.8, 4) is 0 Å². The molecule has 19 heavy (non-hydrogen) atoms. The first-order valence-electron chi connectivity index (χ1n) is 6.35. The lowest BCUT2D eigenvalue weighted by atomic mass is 9.97. The Morgan fingerprint density at radius 3 is 2.63 bits per heavy atom. The first-order valence-corrected chi connectivity index (χ1v) is 7.42. The molecule has 1 aromatic heterocycles. The summed E-state index contributed by atoms with van der Waals surface area (Å²) in [6, 6.07) is 15.2. The maximum atomic E-state index is 4.55. The molecular weight excluding hydrogens is 248 g/mol. The smallest absolute Gasteiger partial charge is 0.101 e. The van der Waals surface area contributed by atoms with Gasteiger partial charge in [0.15, 0.2) is 0 Å². The molecule has 2 heterocycles. The minimum Gasteiger partial charge on any atom is -0.278 e. The number of fused-ring (bicyclic) bond motifs is 3. The number of rotatable bonds is 0. The van der Waals surface area contributed by atoms with Gasteiger partial charge in [-0.15, -0.1) is 0 Å². The second-order valence-electron chi connectivity index (χ2n) is 4.92. The van der Waals surface area contributed by atoms with Crippen LogP contribution in [0.1, 0.15) is 5.69 Å². The number of nitrogens with zero attached hydrogens (tertiary/aromatic N) is 1. The molecule has 0 saturated heterocycles. The molecule has 5 rings (SSSR count). The number of aromatic nitrogens is 2. The summed E-state index contributed by atoms with van der Waals surface area (Å²) in [5.74, 6) is 0. The molecule has 0 unspecified atom stereocenters. The third kappa shape index (κ3) is 1.07. The van der Waals surface area contributed by atoms with E-state index < -0.39 is 0 Å². The van der Waals surface area contributed by atoms with Crippen LogP contribution in [0.3, 0.4) is 0 Å². The van der Waals surface area contributed by atoms with Crippen LogP contribution < -0.4 is 5.19 Å². The lowest BCUT2D eigenvalue weighted by Crippen LogP contribution is -2.15. The van der Waals surface area contributed by atoms with Crippen molar-refractivity contribution in [3.63, 3.8) is 0 Å². The van der Waals surface area contributed by atoms with Crippen molar-refractivity contribution >= 4 is 52.4 Å². The minimum atomic E-state index is 0.724. The summed E-state index contributed by atoms with van der Waals surface area (Å²) in [5.41, 5.74) is 4.56. The van der Waals surface area contributed by atoms with Crippen molar-refractivity contribution in [2.45, 2.75) is 0 Å². The highest BCUT2D eigenvalue weighted by Crippen LogP contribution is 2.34. The fourth-order valence-electron chi connectivity index (χ4n) is 3.15. The van der Waals surface area contributed by atoms with Crippen LogP contribution in [-0.2, 0) is 0 Å². The molecule has 1 radical (unpaired) electrons. The molecular formula is C16H9N2Si. The fourth-order valence-corrected chi connectivity index (χ4v) is 4.25. The van der Waals surface area contributed by atoms with Crippen molar-refractivity contribution in [1.82, 2.24) is 10.2 Å². The minimum absolute atomic E-state index is 0.724. The monoisotopic (exact) mass is 257 g/mol. The molecule has 87 valence electrons. The van der Waals surface area contributed by atoms with Crippen LogP contribution >= 0.6 is 0 Å². The molecule has 0 fully saturated rings. The molecule has 0 saturated carbocycles. The van der Waals surface area contributed by atoms with E-state index in [9.17, 15) is 0 Å². The topological polar surface area (TPSA) is 28.7 Å². The first kappa shape index (κ1) is 9.64. The van der Waals surface area contributed by atoms with E-state index in [-0.39, 0.29) is 0 Å². The third-order valence-corrected chi connectivity index (χ3v) is 5.11. The SMILES string of the molecule is C1=[Si]c2cccc3c4ccccc4c4n[nH]c1c4c23. The van der Waals surface area contributed by atoms with E-state index in [0.29, 0.717) is 0 Å². The molecule has 0 atom stereocenters. The van der Waals surface area contributed by atoms with Gasteiger partial charge in [0, 0.05) is 10.8 Å². The summed E-state index contributed by atoms with van der Waals surface area (Å²) in [4.78, 5) is 0. The van der Waals surface area contributed by atoms with Crippen molar-refractivity contribution in [2.24, 2.45) is 0 Å². The Hall–Kier alpha value is -2.26. The summed E-state index contributed by atoms with van der Waals surface area (Å²) in [6.07, 6.45) is 0. The molecule has 2 nitrogen and oxygen atoms in total. The first-order chi connectivity index (χ1) is 9.43. The normalized spacial score (nSPS) is 13.1. The number of benzene rings is 3. The number of nitrogens with one attached hydrogen (secondary N) is 1. The van der Waals surface area contributed by atoms with Gasteiger partial charge < -0.3 is 0 Å². The van der Waals surface area contributed by atoms with Gasteiger partial charge in [-0.1, -0.05) is 48.1 Å². The molecule has 3 aromatic carbocycles. The zero-order valence-corrected chi connectivity index (χ0v) is 11.1. The van der Waals surface area contributed by atoms with Crippen LogP contribution in [0.4, 0.5) is 0 Å². The number of aromatic amines is 1. The maximum absolute atomic E-state index is 4.55. The lowest BCUT2D eigenvalue weighted by Gasteiger charge is -2.11. The molecule has 1 aliphatic heterocycles. The molecule has 4 aromatic rings. The van der Waals surface area contributed by atoms with Crippen LogP contribution in [0, 0.1) is 0 Å². The number of hydrogen-bond acceptors (Lipinski definition) is 1. The van der Waals surface area contributed by atoms with Crippen LogP contribution in [0.2, 0.25) is 0 Å². The molecule has 1 N–H and O–H groups in total. The van der Waals surface area contributed by atoms with E-state index in [1.165, 1.54) is 37.8 Å². The van der Waals surface area contributed by atoms with Crippen molar-refractivity contribution in [3.05, 3.63) is 48.2 Å². The van der Waals surface area contributed by atoms with Gasteiger partial charge in [-0.25, -0.2) is 0 Å². The molecule has 3 heteroatoms. The maximum Gasteiger partial charge on any atom is 0.101 e. The fraction of sp³-hybridized carbons (Fsp3) is 0. The van der Waals surface area contributed by atoms with Gasteiger partial charge >= 0.3 is 0 Å². The van der Waals surface area contributed by atoms with E-state index in [4.69, 9.17) is 0 Å². The van der Waals surface area contributed by atoms with Crippen molar-refractivity contribution in [1.29, 1.82) is 0 Å². The Morgan fingerprint density at radius 1 is 0.842 bits per heavy atom. The van der Waals surface area contributed by atoms with Gasteiger partial charge in [-0.2, -0.15) is 5.10 Å².